The number of nitrogens with one attached hydrogen (secondary N) is 1. The number of hydrogen-bond donors (Lipinski definition) is 2. The molecular weight excluding hydrogens is 316 g/mol. The van der Waals surface area contributed by atoms with Crippen molar-refractivity contribution < 1.29 is 14.3 Å². The lowest BCUT2D eigenvalue weighted by Crippen LogP contribution is -2.31. The molecule has 0 radical (unpaired) electrons. The molecule has 0 aliphatic heterocycles. The van der Waals surface area contributed by atoms with Crippen LogP contribution in [0, 0.1) is 0 Å². The van der Waals surface area contributed by atoms with E-state index in [9.17, 15) is 9.59 Å². The maximum Gasteiger partial charge on any atom is 0.220 e. The number of carbonyl (C=O) groups is 2. The second-order valence-electron chi connectivity index (χ2n) is 5.85. The minimum absolute atomic E-state index is 0.0249. The fraction of sp³-hybridized carbons (Fsp3) is 0.300. The topological polar surface area (TPSA) is 81.4 Å². The third kappa shape index (κ3) is 6.39. The molecule has 0 saturated heterocycles. The third-order valence-electron chi connectivity index (χ3n) is 3.82. The molecule has 132 valence electrons. The maximum absolute atomic E-state index is 11.9. The summed E-state index contributed by atoms with van der Waals surface area (Å²) in [5.41, 5.74) is 7.70. The highest BCUT2D eigenvalue weighted by atomic mass is 16.5. The Balaban J connectivity index is 1.63. The molecule has 0 aromatic heterocycles. The molecule has 0 bridgehead atoms. The van der Waals surface area contributed by atoms with Gasteiger partial charge in [-0.25, -0.2) is 0 Å². The highest BCUT2D eigenvalue weighted by molar-refractivity contribution is 5.94. The van der Waals surface area contributed by atoms with E-state index in [0.29, 0.717) is 37.3 Å². The molecule has 0 spiro atoms. The molecule has 5 heteroatoms. The molecule has 0 heterocycles. The number of benzene rings is 2. The number of carbonyl (C=O) groups excluding carboxylic acids is 2. The summed E-state index contributed by atoms with van der Waals surface area (Å²) in [5.74, 6) is 0.676. The van der Waals surface area contributed by atoms with Crippen LogP contribution in [-0.2, 0) is 4.79 Å². The van der Waals surface area contributed by atoms with E-state index >= 15 is 0 Å². The van der Waals surface area contributed by atoms with E-state index in [0.717, 1.165) is 5.56 Å². The van der Waals surface area contributed by atoms with Crippen molar-refractivity contribution in [2.45, 2.75) is 25.8 Å². The second-order valence-corrected chi connectivity index (χ2v) is 5.85. The third-order valence-corrected chi connectivity index (χ3v) is 3.82. The van der Waals surface area contributed by atoms with Crippen LogP contribution in [0.5, 0.6) is 5.75 Å². The molecule has 2 aromatic carbocycles. The minimum atomic E-state index is -0.207. The molecule has 1 amide bonds. The van der Waals surface area contributed by atoms with Gasteiger partial charge in [0.1, 0.15) is 5.75 Å². The first kappa shape index (κ1) is 18.7. The fourth-order valence-corrected chi connectivity index (χ4v) is 2.34. The zero-order valence-electron chi connectivity index (χ0n) is 14.4. The number of nitrogens with two attached hydrogens (primary N) is 1. The quantitative estimate of drug-likeness (QED) is 0.543. The van der Waals surface area contributed by atoms with Crippen LogP contribution in [0.3, 0.4) is 0 Å². The monoisotopic (exact) mass is 340 g/mol. The zero-order chi connectivity index (χ0) is 18.1. The van der Waals surface area contributed by atoms with Gasteiger partial charge in [0.15, 0.2) is 5.78 Å². The van der Waals surface area contributed by atoms with Crippen LogP contribution in [0.4, 0.5) is 0 Å². The van der Waals surface area contributed by atoms with Crippen LogP contribution < -0.4 is 15.8 Å². The van der Waals surface area contributed by atoms with E-state index in [1.54, 1.807) is 24.3 Å². The summed E-state index contributed by atoms with van der Waals surface area (Å²) in [6, 6.07) is 16.5. The SMILES string of the molecule is CC(=O)c1ccc(OCCCC(=O)NCC(N)c2ccccc2)cc1. The van der Waals surface area contributed by atoms with Crippen molar-refractivity contribution in [3.63, 3.8) is 0 Å². The highest BCUT2D eigenvalue weighted by Crippen LogP contribution is 2.13. The van der Waals surface area contributed by atoms with Gasteiger partial charge in [-0.3, -0.25) is 9.59 Å². The van der Waals surface area contributed by atoms with Crippen molar-refractivity contribution >= 4 is 11.7 Å². The van der Waals surface area contributed by atoms with Crippen LogP contribution in [0.25, 0.3) is 0 Å². The maximum atomic E-state index is 11.9. The molecule has 1 unspecified atom stereocenters. The van der Waals surface area contributed by atoms with Crippen LogP contribution in [-0.4, -0.2) is 24.8 Å². The van der Waals surface area contributed by atoms with E-state index in [-0.39, 0.29) is 17.7 Å². The molecule has 1 atom stereocenters. The number of Topliss-reactive ketones (excluding diaryl/α,β-unsaturated/α-hetero) is 1. The largest absolute Gasteiger partial charge is 0.494 e. The summed E-state index contributed by atoms with van der Waals surface area (Å²) >= 11 is 0. The zero-order valence-corrected chi connectivity index (χ0v) is 14.4. The predicted octanol–water partition coefficient (Wildman–Crippen LogP) is 2.86. The lowest BCUT2D eigenvalue weighted by molar-refractivity contribution is -0.121. The Labute approximate surface area is 148 Å². The Morgan fingerprint density at radius 2 is 1.76 bits per heavy atom. The molecule has 0 aliphatic rings. The molecule has 3 N–H and O–H groups in total. The Bertz CT molecular complexity index is 684. The Hall–Kier alpha value is -2.66. The van der Waals surface area contributed by atoms with Gasteiger partial charge in [-0.15, -0.1) is 0 Å². The van der Waals surface area contributed by atoms with Crippen molar-refractivity contribution in [1.82, 2.24) is 5.32 Å². The van der Waals surface area contributed by atoms with Crippen LogP contribution in [0.2, 0.25) is 0 Å². The fourth-order valence-electron chi connectivity index (χ4n) is 2.34. The summed E-state index contributed by atoms with van der Waals surface area (Å²) in [7, 11) is 0. The second kappa shape index (κ2) is 9.59. The molecule has 5 nitrogen and oxygen atoms in total. The Kier molecular flexibility index (Phi) is 7.16. The van der Waals surface area contributed by atoms with Gasteiger partial charge in [0.25, 0.3) is 0 Å². The van der Waals surface area contributed by atoms with Gasteiger partial charge < -0.3 is 15.8 Å². The number of amides is 1. The molecule has 2 rings (SSSR count). The minimum Gasteiger partial charge on any atom is -0.494 e. The van der Waals surface area contributed by atoms with Gasteiger partial charge in [-0.2, -0.15) is 0 Å². The summed E-state index contributed by atoms with van der Waals surface area (Å²) in [6.45, 7) is 2.38. The Morgan fingerprint density at radius 3 is 2.40 bits per heavy atom. The van der Waals surface area contributed by atoms with E-state index in [2.05, 4.69) is 5.32 Å². The van der Waals surface area contributed by atoms with Crippen molar-refractivity contribution in [1.29, 1.82) is 0 Å². The summed E-state index contributed by atoms with van der Waals surface area (Å²) in [4.78, 5) is 23.0. The summed E-state index contributed by atoms with van der Waals surface area (Å²) in [5, 5.41) is 2.84. The lowest BCUT2D eigenvalue weighted by Gasteiger charge is -2.13. The highest BCUT2D eigenvalue weighted by Gasteiger charge is 2.08. The Morgan fingerprint density at radius 1 is 1.08 bits per heavy atom. The number of rotatable bonds is 9. The van der Waals surface area contributed by atoms with Crippen LogP contribution in [0.15, 0.2) is 54.6 Å². The van der Waals surface area contributed by atoms with Crippen molar-refractivity contribution in [2.24, 2.45) is 5.73 Å². The van der Waals surface area contributed by atoms with Crippen molar-refractivity contribution in [2.75, 3.05) is 13.2 Å². The molecule has 25 heavy (non-hydrogen) atoms. The van der Waals surface area contributed by atoms with Crippen molar-refractivity contribution in [3.8, 4) is 5.75 Å². The molecular formula is C20H24N2O3. The molecule has 0 saturated carbocycles. The predicted molar refractivity (Wildman–Crippen MR) is 97.6 cm³/mol. The first-order chi connectivity index (χ1) is 12.1. The first-order valence-corrected chi connectivity index (χ1v) is 8.37. The van der Waals surface area contributed by atoms with Gasteiger partial charge in [0.2, 0.25) is 5.91 Å². The molecule has 0 aliphatic carbocycles. The smallest absolute Gasteiger partial charge is 0.220 e. The van der Waals surface area contributed by atoms with Crippen molar-refractivity contribution in [3.05, 3.63) is 65.7 Å². The van der Waals surface area contributed by atoms with Crippen LogP contribution in [0.1, 0.15) is 41.7 Å². The van der Waals surface area contributed by atoms with Gasteiger partial charge in [0.05, 0.1) is 6.61 Å². The average Bonchev–Trinajstić information content (AvgIpc) is 2.64. The molecule has 0 fully saturated rings. The summed E-state index contributed by atoms with van der Waals surface area (Å²) < 4.78 is 5.57. The van der Waals surface area contributed by atoms with E-state index in [4.69, 9.17) is 10.5 Å². The standard InChI is InChI=1S/C20H24N2O3/c1-15(23)16-9-11-18(12-10-16)25-13-5-8-20(24)22-14-19(21)17-6-3-2-4-7-17/h2-4,6-7,9-12,19H,5,8,13-14,21H2,1H3,(H,22,24). The summed E-state index contributed by atoms with van der Waals surface area (Å²) in [6.07, 6.45) is 0.994. The number of hydrogen-bond acceptors (Lipinski definition) is 4. The average molecular weight is 340 g/mol. The normalized spacial score (nSPS) is 11.6. The van der Waals surface area contributed by atoms with E-state index in [1.165, 1.54) is 6.92 Å². The number of ketones is 1. The lowest BCUT2D eigenvalue weighted by atomic mass is 10.1. The number of ether oxygens (including phenoxy) is 1. The van der Waals surface area contributed by atoms with Crippen LogP contribution >= 0.6 is 0 Å². The van der Waals surface area contributed by atoms with Gasteiger partial charge >= 0.3 is 0 Å². The van der Waals surface area contributed by atoms with E-state index < -0.39 is 0 Å². The molecule has 2 aromatic rings. The first-order valence-electron chi connectivity index (χ1n) is 8.37. The van der Waals surface area contributed by atoms with E-state index in [1.807, 2.05) is 30.3 Å². The van der Waals surface area contributed by atoms with Gasteiger partial charge in [-0.05, 0) is 43.2 Å². The van der Waals surface area contributed by atoms with Gasteiger partial charge in [0, 0.05) is 24.6 Å². The van der Waals surface area contributed by atoms with Gasteiger partial charge in [-0.1, -0.05) is 30.3 Å².